The molecule has 0 atom stereocenters. The van der Waals surface area contributed by atoms with Gasteiger partial charge in [-0.3, -0.25) is 0 Å². The summed E-state index contributed by atoms with van der Waals surface area (Å²) in [5.41, 5.74) is 2.43. The number of fused-ring (bicyclic) bond motifs is 14. The molecule has 4 aromatic carbocycles. The number of aliphatic imine (C=N–C) groups is 4. The zero-order chi connectivity index (χ0) is 33.6. The standard InChI is InChI=1S/C32H9F8N9/c33-17-1-9-10(2-18(17)34)26-41-25(9)43-29-13-5-21(37)22(38)6-14(13)31-45-27-11-3-19(35)20(36)4-12(11)28(42-27)46-32-16-8-24(40)23(39)7-15(16)30(44-26)49(32)47-48(29)31/h1-8,47H. The first kappa shape index (κ1) is 27.6. The number of hydrogen-bond acceptors (Lipinski definition) is 7. The third-order valence-corrected chi connectivity index (χ3v) is 8.49. The molecule has 9 nitrogen and oxygen atoms in total. The van der Waals surface area contributed by atoms with Gasteiger partial charge in [-0.2, -0.15) is 0 Å². The van der Waals surface area contributed by atoms with E-state index < -0.39 is 46.5 Å². The molecule has 0 radical (unpaired) electrons. The number of halogens is 8. The van der Waals surface area contributed by atoms with Gasteiger partial charge in [0.05, 0.1) is 0 Å². The van der Waals surface area contributed by atoms with E-state index in [1.165, 1.54) is 0 Å². The van der Waals surface area contributed by atoms with Crippen LogP contribution in [0.5, 0.6) is 0 Å². The van der Waals surface area contributed by atoms with E-state index in [0.717, 1.165) is 57.9 Å². The van der Waals surface area contributed by atoms with E-state index in [1.54, 1.807) is 0 Å². The first-order valence-corrected chi connectivity index (χ1v) is 14.2. The van der Waals surface area contributed by atoms with E-state index in [9.17, 15) is 35.1 Å². The van der Waals surface area contributed by atoms with Gasteiger partial charge in [0.25, 0.3) is 0 Å². The van der Waals surface area contributed by atoms with E-state index >= 15 is 0 Å². The number of amidine groups is 4. The summed E-state index contributed by atoms with van der Waals surface area (Å²) in [6, 6.07) is 6.61. The zero-order valence-electron chi connectivity index (χ0n) is 23.7. The number of nitrogens with one attached hydrogen (secondary N) is 1. The molecule has 1 N–H and O–H groups in total. The quantitative estimate of drug-likeness (QED) is 0.208. The highest BCUT2D eigenvalue weighted by Crippen LogP contribution is 2.41. The molecule has 49 heavy (non-hydrogen) atoms. The van der Waals surface area contributed by atoms with Gasteiger partial charge in [0.2, 0.25) is 0 Å². The monoisotopic (exact) mass is 671 g/mol. The zero-order valence-corrected chi connectivity index (χ0v) is 23.7. The molecule has 6 heterocycles. The molecule has 0 saturated heterocycles. The van der Waals surface area contributed by atoms with Crippen molar-refractivity contribution in [3.05, 3.63) is 128 Å². The average molecular weight is 671 g/mol. The maximum atomic E-state index is 14.9. The second kappa shape index (κ2) is 9.09. The Morgan fingerprint density at radius 2 is 0.653 bits per heavy atom. The summed E-state index contributed by atoms with van der Waals surface area (Å²) in [7, 11) is 0. The van der Waals surface area contributed by atoms with E-state index in [4.69, 9.17) is 0 Å². The average Bonchev–Trinajstić information content (AvgIpc) is 3.72. The lowest BCUT2D eigenvalue weighted by Crippen LogP contribution is -2.39. The fourth-order valence-electron chi connectivity index (χ4n) is 6.26. The molecule has 2 aromatic heterocycles. The van der Waals surface area contributed by atoms with Crippen molar-refractivity contribution in [3.8, 4) is 0 Å². The van der Waals surface area contributed by atoms with Crippen molar-refractivity contribution >= 4 is 56.5 Å². The highest BCUT2D eigenvalue weighted by atomic mass is 19.2. The van der Waals surface area contributed by atoms with Crippen LogP contribution in [0.3, 0.4) is 0 Å². The topological polar surface area (TPSA) is 96.0 Å². The summed E-state index contributed by atoms with van der Waals surface area (Å²) < 4.78 is 120. The lowest BCUT2D eigenvalue weighted by Gasteiger charge is -2.14. The minimum atomic E-state index is -1.28. The van der Waals surface area contributed by atoms with Gasteiger partial charge < -0.3 is 0 Å². The van der Waals surface area contributed by atoms with Gasteiger partial charge in [-0.15, -0.1) is 0 Å². The van der Waals surface area contributed by atoms with Gasteiger partial charge in [0, 0.05) is 43.8 Å². The van der Waals surface area contributed by atoms with E-state index in [2.05, 4.69) is 35.5 Å². The molecule has 238 valence electrons. The molecule has 0 spiro atoms. The minimum absolute atomic E-state index is 0.0270. The molecule has 10 rings (SSSR count). The van der Waals surface area contributed by atoms with Gasteiger partial charge in [-0.1, -0.05) is 0 Å². The summed E-state index contributed by atoms with van der Waals surface area (Å²) in [6.07, 6.45) is 0. The molecule has 0 fully saturated rings. The summed E-state index contributed by atoms with van der Waals surface area (Å²) in [4.78, 5) is 27.0. The Labute approximate surface area is 264 Å². The van der Waals surface area contributed by atoms with Gasteiger partial charge >= 0.3 is 0 Å². The number of nitrogens with zero attached hydrogens (tertiary/aromatic N) is 8. The highest BCUT2D eigenvalue weighted by Gasteiger charge is 2.32. The molecule has 0 aliphatic carbocycles. The van der Waals surface area contributed by atoms with Crippen molar-refractivity contribution < 1.29 is 35.1 Å². The summed E-state index contributed by atoms with van der Waals surface area (Å²) in [5.74, 6) is -11.4. The van der Waals surface area contributed by atoms with E-state index in [1.807, 2.05) is 0 Å². The predicted molar refractivity (Wildman–Crippen MR) is 159 cm³/mol. The van der Waals surface area contributed by atoms with Crippen molar-refractivity contribution in [2.75, 3.05) is 5.53 Å². The third kappa shape index (κ3) is 3.63. The molecular weight excluding hydrogens is 662 g/mol. The normalized spacial score (nSPS) is 15.1. The maximum Gasteiger partial charge on any atom is 0.165 e. The Balaban J connectivity index is 1.47. The van der Waals surface area contributed by atoms with Gasteiger partial charge in [-0.05, 0) is 48.5 Å². The first-order chi connectivity index (χ1) is 23.5. The number of benzene rings is 4. The SMILES string of the molecule is Fc1cc2c(cc1F)C1=Nc3c4cc(F)c(F)cc4c4n3Nn3c(c5cc(F)c(F)cc5c3=NC3=NC(=N4)c4cc(F)c(F)cc43)=NC2=N1. The van der Waals surface area contributed by atoms with Crippen LogP contribution in [0.15, 0.2) is 78.5 Å². The molecule has 0 saturated carbocycles. The van der Waals surface area contributed by atoms with Crippen molar-refractivity contribution in [1.29, 1.82) is 0 Å². The molecule has 4 aliphatic heterocycles. The molecule has 6 aromatic rings. The smallest absolute Gasteiger partial charge is 0.165 e. The van der Waals surface area contributed by atoms with Crippen LogP contribution in [0.2, 0.25) is 0 Å². The third-order valence-electron chi connectivity index (χ3n) is 8.49. The lowest BCUT2D eigenvalue weighted by molar-refractivity contribution is 0.508. The van der Waals surface area contributed by atoms with Crippen molar-refractivity contribution in [2.24, 2.45) is 30.0 Å². The highest BCUT2D eigenvalue weighted by molar-refractivity contribution is 6.25. The number of hydrogen-bond donors (Lipinski definition) is 1. The predicted octanol–water partition coefficient (Wildman–Crippen LogP) is 5.66. The Kier molecular flexibility index (Phi) is 5.12. The minimum Gasteiger partial charge on any atom is -0.224 e. The molecule has 6 bridgehead atoms. The summed E-state index contributed by atoms with van der Waals surface area (Å²) in [5, 5.41) is -0.262. The summed E-state index contributed by atoms with van der Waals surface area (Å²) in [6.45, 7) is 0. The molecule has 0 unspecified atom stereocenters. The first-order valence-electron chi connectivity index (χ1n) is 14.2. The van der Waals surface area contributed by atoms with Crippen LogP contribution in [0, 0.1) is 46.5 Å². The van der Waals surface area contributed by atoms with Crippen LogP contribution in [0.25, 0.3) is 21.5 Å². The van der Waals surface area contributed by atoms with Crippen molar-refractivity contribution in [1.82, 2.24) is 9.35 Å². The number of aromatic nitrogens is 2. The van der Waals surface area contributed by atoms with Crippen molar-refractivity contribution in [2.45, 2.75) is 0 Å². The fraction of sp³-hybridized carbons (Fsp3) is 0. The largest absolute Gasteiger partial charge is 0.224 e. The maximum absolute atomic E-state index is 14.9. The van der Waals surface area contributed by atoms with Crippen LogP contribution in [0.4, 0.5) is 46.8 Å². The van der Waals surface area contributed by atoms with Crippen LogP contribution >= 0.6 is 0 Å². The second-order valence-corrected chi connectivity index (χ2v) is 11.3. The Morgan fingerprint density at radius 3 is 1.02 bits per heavy atom. The second-order valence-electron chi connectivity index (χ2n) is 11.3. The molecular formula is C32H9F8N9. The van der Waals surface area contributed by atoms with Gasteiger partial charge in [0.15, 0.2) is 92.5 Å². The van der Waals surface area contributed by atoms with Crippen LogP contribution in [0.1, 0.15) is 22.3 Å². The lowest BCUT2D eigenvalue weighted by atomic mass is 10.1. The molecule has 0 amide bonds. The summed E-state index contributed by atoms with van der Waals surface area (Å²) >= 11 is 0. The van der Waals surface area contributed by atoms with Crippen LogP contribution in [-0.4, -0.2) is 32.7 Å². The molecule has 4 aliphatic rings. The van der Waals surface area contributed by atoms with Crippen molar-refractivity contribution in [3.63, 3.8) is 0 Å². The van der Waals surface area contributed by atoms with Gasteiger partial charge in [-0.25, -0.2) is 80.0 Å². The van der Waals surface area contributed by atoms with Crippen LogP contribution < -0.4 is 16.5 Å². The van der Waals surface area contributed by atoms with E-state index in [-0.39, 0.29) is 89.8 Å². The van der Waals surface area contributed by atoms with Gasteiger partial charge in [0.1, 0.15) is 0 Å². The molecule has 17 heteroatoms. The Hall–Kier alpha value is -6.52. The number of rotatable bonds is 0. The Bertz CT molecular complexity index is 2710. The van der Waals surface area contributed by atoms with E-state index in [0.29, 0.717) is 0 Å². The Morgan fingerprint density at radius 1 is 0.347 bits per heavy atom. The van der Waals surface area contributed by atoms with Crippen LogP contribution in [-0.2, 0) is 0 Å². The fourth-order valence-corrected chi connectivity index (χ4v) is 6.26.